The molecule has 2 N–H and O–H groups in total. The van der Waals surface area contributed by atoms with Gasteiger partial charge < -0.3 is 10.2 Å². The van der Waals surface area contributed by atoms with Gasteiger partial charge in [0.25, 0.3) is 0 Å². The smallest absolute Gasteiger partial charge is 0.328 e. The molecule has 0 bridgehead atoms. The molecule has 3 nitrogen and oxygen atoms in total. The number of phenols is 1. The summed E-state index contributed by atoms with van der Waals surface area (Å²) in [5.41, 5.74) is 3.09. The van der Waals surface area contributed by atoms with Crippen LogP contribution >= 0.6 is 11.6 Å². The third-order valence-electron chi connectivity index (χ3n) is 2.94. The van der Waals surface area contributed by atoms with Crippen molar-refractivity contribution in [1.82, 2.24) is 0 Å². The lowest BCUT2D eigenvalue weighted by molar-refractivity contribution is -0.131. The molecular formula is C16H13ClO3. The highest BCUT2D eigenvalue weighted by Gasteiger charge is 2.07. The number of carbonyl (C=O) groups is 1. The van der Waals surface area contributed by atoms with E-state index in [1.54, 1.807) is 43.3 Å². The predicted molar refractivity (Wildman–Crippen MR) is 79.8 cm³/mol. The molecule has 0 radical (unpaired) electrons. The molecule has 0 unspecified atom stereocenters. The fourth-order valence-electron chi connectivity index (χ4n) is 1.90. The molecule has 0 aliphatic heterocycles. The largest absolute Gasteiger partial charge is 0.508 e. The Kier molecular flexibility index (Phi) is 4.11. The average molecular weight is 289 g/mol. The van der Waals surface area contributed by atoms with Crippen molar-refractivity contribution in [3.63, 3.8) is 0 Å². The van der Waals surface area contributed by atoms with Crippen LogP contribution in [0.3, 0.4) is 0 Å². The van der Waals surface area contributed by atoms with Gasteiger partial charge in [-0.15, -0.1) is 0 Å². The molecule has 4 heteroatoms. The number of benzene rings is 2. The molecule has 20 heavy (non-hydrogen) atoms. The molecule has 0 aliphatic carbocycles. The molecule has 0 aliphatic rings. The lowest BCUT2D eigenvalue weighted by atomic mass is 9.99. The number of rotatable bonds is 3. The standard InChI is InChI=1S/C16H13ClO3/c1-10(8-16(19)20)12-4-7-15(17)14(9-12)11-2-5-13(18)6-3-11/h2-9,18H,1H3,(H,19,20)/b10-8+. The molecule has 2 rings (SSSR count). The Labute approximate surface area is 121 Å². The van der Waals surface area contributed by atoms with Gasteiger partial charge in [0.05, 0.1) is 0 Å². The first kappa shape index (κ1) is 14.2. The van der Waals surface area contributed by atoms with Crippen molar-refractivity contribution in [3.8, 4) is 16.9 Å². The van der Waals surface area contributed by atoms with Crippen LogP contribution in [0.5, 0.6) is 5.75 Å². The monoisotopic (exact) mass is 288 g/mol. The fraction of sp³-hybridized carbons (Fsp3) is 0.0625. The van der Waals surface area contributed by atoms with Crippen molar-refractivity contribution in [2.75, 3.05) is 0 Å². The highest BCUT2D eigenvalue weighted by atomic mass is 35.5. The summed E-state index contributed by atoms with van der Waals surface area (Å²) in [4.78, 5) is 10.7. The Bertz CT molecular complexity index is 673. The Morgan fingerprint density at radius 3 is 2.40 bits per heavy atom. The minimum Gasteiger partial charge on any atom is -0.508 e. The highest BCUT2D eigenvalue weighted by Crippen LogP contribution is 2.31. The molecule has 102 valence electrons. The van der Waals surface area contributed by atoms with Crippen LogP contribution in [0, 0.1) is 0 Å². The summed E-state index contributed by atoms with van der Waals surface area (Å²) in [5, 5.41) is 18.7. The van der Waals surface area contributed by atoms with E-state index >= 15 is 0 Å². The van der Waals surface area contributed by atoms with Crippen LogP contribution in [-0.4, -0.2) is 16.2 Å². The number of carboxylic acids is 1. The zero-order valence-corrected chi connectivity index (χ0v) is 11.6. The molecule has 0 fully saturated rings. The summed E-state index contributed by atoms with van der Waals surface area (Å²) < 4.78 is 0. The lowest BCUT2D eigenvalue weighted by Gasteiger charge is -2.08. The number of aliphatic carboxylic acids is 1. The van der Waals surface area contributed by atoms with Crippen LogP contribution in [0.1, 0.15) is 12.5 Å². The van der Waals surface area contributed by atoms with Crippen molar-refractivity contribution in [3.05, 3.63) is 59.1 Å². The number of aromatic hydroxyl groups is 1. The van der Waals surface area contributed by atoms with Gasteiger partial charge in [0.15, 0.2) is 0 Å². The van der Waals surface area contributed by atoms with Gasteiger partial charge in [-0.3, -0.25) is 0 Å². The van der Waals surface area contributed by atoms with E-state index in [1.165, 1.54) is 0 Å². The Balaban J connectivity index is 2.49. The second kappa shape index (κ2) is 5.80. The van der Waals surface area contributed by atoms with Gasteiger partial charge in [-0.2, -0.15) is 0 Å². The quantitative estimate of drug-likeness (QED) is 0.832. The van der Waals surface area contributed by atoms with Gasteiger partial charge in [0.2, 0.25) is 0 Å². The van der Waals surface area contributed by atoms with Crippen LogP contribution < -0.4 is 0 Å². The molecule has 0 amide bonds. The van der Waals surface area contributed by atoms with Crippen LogP contribution in [-0.2, 0) is 4.79 Å². The highest BCUT2D eigenvalue weighted by molar-refractivity contribution is 6.33. The number of hydrogen-bond donors (Lipinski definition) is 2. The number of phenolic OH excluding ortho intramolecular Hbond substituents is 1. The van der Waals surface area contributed by atoms with Crippen LogP contribution in [0.2, 0.25) is 5.02 Å². The molecule has 2 aromatic carbocycles. The molecule has 2 aromatic rings. The van der Waals surface area contributed by atoms with Gasteiger partial charge in [0.1, 0.15) is 5.75 Å². The Hall–Kier alpha value is -2.26. The number of carboxylic acid groups (broad SMARTS) is 1. The summed E-state index contributed by atoms with van der Waals surface area (Å²) in [6.45, 7) is 1.73. The third kappa shape index (κ3) is 3.19. The van der Waals surface area contributed by atoms with Gasteiger partial charge in [0, 0.05) is 16.7 Å². The first-order valence-corrected chi connectivity index (χ1v) is 6.36. The van der Waals surface area contributed by atoms with E-state index in [9.17, 15) is 9.90 Å². The molecule has 0 atom stereocenters. The molecule has 0 spiro atoms. The van der Waals surface area contributed by atoms with E-state index in [-0.39, 0.29) is 5.75 Å². The number of hydrogen-bond acceptors (Lipinski definition) is 2. The summed E-state index contributed by atoms with van der Waals surface area (Å²) in [7, 11) is 0. The van der Waals surface area contributed by atoms with Crippen molar-refractivity contribution >= 4 is 23.1 Å². The Morgan fingerprint density at radius 2 is 1.80 bits per heavy atom. The van der Waals surface area contributed by atoms with E-state index in [2.05, 4.69) is 0 Å². The van der Waals surface area contributed by atoms with E-state index in [4.69, 9.17) is 16.7 Å². The summed E-state index contributed by atoms with van der Waals surface area (Å²) in [6.07, 6.45) is 1.16. The van der Waals surface area contributed by atoms with Crippen molar-refractivity contribution in [2.45, 2.75) is 6.92 Å². The number of allylic oxidation sites excluding steroid dienone is 1. The summed E-state index contributed by atoms with van der Waals surface area (Å²) in [6, 6.07) is 12.0. The van der Waals surface area contributed by atoms with E-state index in [0.29, 0.717) is 10.6 Å². The molecular weight excluding hydrogens is 276 g/mol. The maximum atomic E-state index is 10.7. The van der Waals surface area contributed by atoms with Crippen molar-refractivity contribution in [1.29, 1.82) is 0 Å². The normalized spacial score (nSPS) is 11.4. The maximum Gasteiger partial charge on any atom is 0.328 e. The van der Waals surface area contributed by atoms with Gasteiger partial charge >= 0.3 is 5.97 Å². The topological polar surface area (TPSA) is 57.5 Å². The predicted octanol–water partition coefficient (Wildman–Crippen LogP) is 4.20. The average Bonchev–Trinajstić information content (AvgIpc) is 2.39. The fourth-order valence-corrected chi connectivity index (χ4v) is 2.13. The van der Waals surface area contributed by atoms with E-state index in [1.807, 2.05) is 6.07 Å². The van der Waals surface area contributed by atoms with Gasteiger partial charge in [-0.25, -0.2) is 4.79 Å². The van der Waals surface area contributed by atoms with Gasteiger partial charge in [-0.05, 0) is 47.9 Å². The lowest BCUT2D eigenvalue weighted by Crippen LogP contribution is -1.91. The second-order valence-electron chi connectivity index (χ2n) is 4.41. The Morgan fingerprint density at radius 1 is 1.15 bits per heavy atom. The summed E-state index contributed by atoms with van der Waals surface area (Å²) in [5.74, 6) is -0.799. The first-order chi connectivity index (χ1) is 9.47. The maximum absolute atomic E-state index is 10.7. The second-order valence-corrected chi connectivity index (χ2v) is 4.81. The van der Waals surface area contributed by atoms with Crippen LogP contribution in [0.15, 0.2) is 48.5 Å². The SMILES string of the molecule is C/C(=C\C(=O)O)c1ccc(Cl)c(-c2ccc(O)cc2)c1. The molecule has 0 saturated heterocycles. The molecule has 0 aromatic heterocycles. The van der Waals surface area contributed by atoms with E-state index in [0.717, 1.165) is 22.8 Å². The zero-order chi connectivity index (χ0) is 14.7. The minimum absolute atomic E-state index is 0.183. The minimum atomic E-state index is -0.983. The summed E-state index contributed by atoms with van der Waals surface area (Å²) >= 11 is 6.18. The first-order valence-electron chi connectivity index (χ1n) is 5.98. The molecule has 0 saturated carbocycles. The zero-order valence-electron chi connectivity index (χ0n) is 10.8. The van der Waals surface area contributed by atoms with E-state index < -0.39 is 5.97 Å². The third-order valence-corrected chi connectivity index (χ3v) is 3.27. The van der Waals surface area contributed by atoms with Crippen LogP contribution in [0.4, 0.5) is 0 Å². The van der Waals surface area contributed by atoms with Crippen molar-refractivity contribution < 1.29 is 15.0 Å². The van der Waals surface area contributed by atoms with Gasteiger partial charge in [-0.1, -0.05) is 29.8 Å². The number of halogens is 1. The molecule has 0 heterocycles. The van der Waals surface area contributed by atoms with Crippen LogP contribution in [0.25, 0.3) is 16.7 Å². The van der Waals surface area contributed by atoms with Crippen molar-refractivity contribution in [2.24, 2.45) is 0 Å².